The first-order valence-electron chi connectivity index (χ1n) is 12.4. The van der Waals surface area contributed by atoms with Crippen molar-refractivity contribution in [3.05, 3.63) is 53.1 Å². The summed E-state index contributed by atoms with van der Waals surface area (Å²) in [5, 5.41) is 19.1. The molecule has 0 atom stereocenters. The van der Waals surface area contributed by atoms with Crippen LogP contribution in [0.4, 0.5) is 10.5 Å². The number of carbonyl (C=O) groups is 2. The Labute approximate surface area is 211 Å². The molecule has 0 aromatic heterocycles. The lowest BCUT2D eigenvalue weighted by atomic mass is 9.87. The van der Waals surface area contributed by atoms with Gasteiger partial charge in [0, 0.05) is 24.7 Å². The predicted octanol–water partition coefficient (Wildman–Crippen LogP) is 4.32. The van der Waals surface area contributed by atoms with Gasteiger partial charge in [-0.3, -0.25) is 9.69 Å². The van der Waals surface area contributed by atoms with E-state index < -0.39 is 6.09 Å². The van der Waals surface area contributed by atoms with Crippen LogP contribution in [0.2, 0.25) is 0 Å². The van der Waals surface area contributed by atoms with Gasteiger partial charge in [-0.25, -0.2) is 9.80 Å². The van der Waals surface area contributed by atoms with E-state index in [0.29, 0.717) is 35.9 Å². The van der Waals surface area contributed by atoms with E-state index in [0.717, 1.165) is 55.6 Å². The molecule has 2 aromatic carbocycles. The number of carbonyl (C=O) groups excluding carboxylic acids is 1. The lowest BCUT2D eigenvalue weighted by Gasteiger charge is -2.29. The predicted molar refractivity (Wildman–Crippen MR) is 139 cm³/mol. The summed E-state index contributed by atoms with van der Waals surface area (Å²) in [6.45, 7) is 4.69. The summed E-state index contributed by atoms with van der Waals surface area (Å²) in [7, 11) is 3.14. The van der Waals surface area contributed by atoms with Crippen LogP contribution in [0.1, 0.15) is 60.0 Å². The third kappa shape index (κ3) is 5.46. The number of piperidine rings is 1. The van der Waals surface area contributed by atoms with Gasteiger partial charge < -0.3 is 19.9 Å². The maximum Gasteiger partial charge on any atom is 0.411 e. The molecule has 2 heterocycles. The molecule has 2 aromatic rings. The highest BCUT2D eigenvalue weighted by Gasteiger charge is 2.26. The average Bonchev–Trinajstić information content (AvgIpc) is 2.92. The minimum Gasteiger partial charge on any atom is -0.493 e. The molecule has 2 aliphatic heterocycles. The summed E-state index contributed by atoms with van der Waals surface area (Å²) in [6, 6.07) is 11.0. The third-order valence-corrected chi connectivity index (χ3v) is 6.76. The number of carboxylic acid groups (broad SMARTS) is 1. The molecule has 0 spiro atoms. The van der Waals surface area contributed by atoms with Gasteiger partial charge in [0.2, 0.25) is 0 Å². The maximum absolute atomic E-state index is 13.5. The number of benzene rings is 2. The third-order valence-electron chi connectivity index (χ3n) is 6.76. The van der Waals surface area contributed by atoms with Crippen LogP contribution in [0.5, 0.6) is 11.5 Å². The van der Waals surface area contributed by atoms with Gasteiger partial charge in [0.15, 0.2) is 11.5 Å². The Kier molecular flexibility index (Phi) is 8.10. The number of hydrogen-bond donors (Lipinski definition) is 2. The summed E-state index contributed by atoms with van der Waals surface area (Å²) in [4.78, 5) is 26.4. The van der Waals surface area contributed by atoms with Crippen LogP contribution in [-0.4, -0.2) is 68.2 Å². The van der Waals surface area contributed by atoms with Gasteiger partial charge in [0.1, 0.15) is 0 Å². The van der Waals surface area contributed by atoms with Crippen molar-refractivity contribution in [2.75, 3.05) is 45.3 Å². The number of ether oxygens (including phenoxy) is 2. The molecule has 0 saturated carbocycles. The van der Waals surface area contributed by atoms with E-state index in [9.17, 15) is 14.7 Å². The molecular formula is C27H34N4O5. The van der Waals surface area contributed by atoms with Crippen LogP contribution in [0.25, 0.3) is 0 Å². The largest absolute Gasteiger partial charge is 0.493 e. The minimum absolute atomic E-state index is 0.188. The molecule has 1 saturated heterocycles. The van der Waals surface area contributed by atoms with Crippen LogP contribution < -0.4 is 19.7 Å². The number of anilines is 1. The maximum atomic E-state index is 13.5. The fourth-order valence-electron chi connectivity index (χ4n) is 4.82. The van der Waals surface area contributed by atoms with Gasteiger partial charge in [-0.15, -0.1) is 0 Å². The Morgan fingerprint density at radius 2 is 1.94 bits per heavy atom. The van der Waals surface area contributed by atoms with E-state index in [4.69, 9.17) is 14.6 Å². The fourth-order valence-corrected chi connectivity index (χ4v) is 4.82. The molecule has 2 aliphatic rings. The van der Waals surface area contributed by atoms with Gasteiger partial charge >= 0.3 is 6.09 Å². The molecule has 0 radical (unpaired) electrons. The van der Waals surface area contributed by atoms with Gasteiger partial charge in [0.05, 0.1) is 25.1 Å². The standard InChI is InChI=1S/C27H34N4O5/c1-4-36-25-17-19(8-10-24(25)35-3)22-6-5-15-31(29-22)26(32)20-7-9-23(30(2)27(33)34)21(16-20)18-11-13-28-14-12-18/h7-10,16-18,28H,4-6,11-15H2,1-3H3,(H,33,34). The van der Waals surface area contributed by atoms with Crippen molar-refractivity contribution in [1.82, 2.24) is 10.3 Å². The van der Waals surface area contributed by atoms with Crippen LogP contribution in [-0.2, 0) is 0 Å². The normalized spacial score (nSPS) is 16.3. The second kappa shape index (κ2) is 11.4. The molecule has 1 fully saturated rings. The first-order valence-corrected chi connectivity index (χ1v) is 12.4. The van der Waals surface area contributed by atoms with Crippen LogP contribution >= 0.6 is 0 Å². The smallest absolute Gasteiger partial charge is 0.411 e. The van der Waals surface area contributed by atoms with E-state index in [2.05, 4.69) is 5.32 Å². The zero-order valence-electron chi connectivity index (χ0n) is 21.1. The summed E-state index contributed by atoms with van der Waals surface area (Å²) < 4.78 is 11.1. The topological polar surface area (TPSA) is 104 Å². The molecular weight excluding hydrogens is 460 g/mol. The van der Waals surface area contributed by atoms with Crippen molar-refractivity contribution in [2.24, 2.45) is 5.10 Å². The molecule has 4 rings (SSSR count). The second-order valence-corrected chi connectivity index (χ2v) is 9.02. The number of hydrazone groups is 1. The Hall–Kier alpha value is -3.59. The van der Waals surface area contributed by atoms with Crippen LogP contribution in [0, 0.1) is 0 Å². The zero-order valence-corrected chi connectivity index (χ0v) is 21.1. The van der Waals surface area contributed by atoms with E-state index in [1.165, 1.54) is 17.0 Å². The second-order valence-electron chi connectivity index (χ2n) is 9.02. The molecule has 0 bridgehead atoms. The highest BCUT2D eigenvalue weighted by atomic mass is 16.5. The van der Waals surface area contributed by atoms with Gasteiger partial charge in [-0.1, -0.05) is 0 Å². The Morgan fingerprint density at radius 3 is 2.64 bits per heavy atom. The Morgan fingerprint density at radius 1 is 1.17 bits per heavy atom. The van der Waals surface area contributed by atoms with Crippen LogP contribution in [0.15, 0.2) is 41.5 Å². The van der Waals surface area contributed by atoms with Crippen molar-refractivity contribution in [1.29, 1.82) is 0 Å². The van der Waals surface area contributed by atoms with Crippen molar-refractivity contribution in [3.8, 4) is 11.5 Å². The highest BCUT2D eigenvalue weighted by molar-refractivity contribution is 6.03. The van der Waals surface area contributed by atoms with Crippen LogP contribution in [0.3, 0.4) is 0 Å². The molecule has 9 heteroatoms. The number of nitrogens with zero attached hydrogens (tertiary/aromatic N) is 3. The Balaban J connectivity index is 1.64. The van der Waals surface area contributed by atoms with E-state index in [1.807, 2.05) is 31.2 Å². The first-order chi connectivity index (χ1) is 17.4. The lowest BCUT2D eigenvalue weighted by molar-refractivity contribution is 0.0751. The lowest BCUT2D eigenvalue weighted by Crippen LogP contribution is -2.33. The Bertz CT molecular complexity index is 1140. The van der Waals surface area contributed by atoms with Gasteiger partial charge in [-0.05, 0) is 93.6 Å². The minimum atomic E-state index is -1.03. The summed E-state index contributed by atoms with van der Waals surface area (Å²) in [5.74, 6) is 1.30. The summed E-state index contributed by atoms with van der Waals surface area (Å²) in [5.41, 5.74) is 3.74. The number of nitrogens with one attached hydrogen (secondary N) is 1. The van der Waals surface area contributed by atoms with Crippen molar-refractivity contribution in [3.63, 3.8) is 0 Å². The van der Waals surface area contributed by atoms with E-state index in [1.54, 1.807) is 19.2 Å². The number of amides is 2. The number of methoxy groups -OCH3 is 1. The molecule has 2 N–H and O–H groups in total. The number of rotatable bonds is 7. The zero-order chi connectivity index (χ0) is 25.7. The summed E-state index contributed by atoms with van der Waals surface area (Å²) >= 11 is 0. The molecule has 192 valence electrons. The molecule has 0 aliphatic carbocycles. The SMILES string of the molecule is CCOc1cc(C2=NN(C(=O)c3ccc(N(C)C(=O)O)c(C4CCNCC4)c3)CCC2)ccc1OC. The number of hydrogen-bond acceptors (Lipinski definition) is 6. The van der Waals surface area contributed by atoms with Gasteiger partial charge in [-0.2, -0.15) is 5.10 Å². The fraction of sp³-hybridized carbons (Fsp3) is 0.444. The quantitative estimate of drug-likeness (QED) is 0.594. The van der Waals surface area contributed by atoms with Gasteiger partial charge in [0.25, 0.3) is 5.91 Å². The molecule has 36 heavy (non-hydrogen) atoms. The van der Waals surface area contributed by atoms with Crippen molar-refractivity contribution >= 4 is 23.4 Å². The molecule has 9 nitrogen and oxygen atoms in total. The monoisotopic (exact) mass is 494 g/mol. The van der Waals surface area contributed by atoms with E-state index >= 15 is 0 Å². The average molecular weight is 495 g/mol. The van der Waals surface area contributed by atoms with E-state index in [-0.39, 0.29) is 11.8 Å². The summed E-state index contributed by atoms with van der Waals surface area (Å²) in [6.07, 6.45) is 2.31. The molecule has 0 unspecified atom stereocenters. The first kappa shape index (κ1) is 25.5. The molecule has 2 amide bonds. The van der Waals surface area contributed by atoms with Crippen molar-refractivity contribution < 1.29 is 24.2 Å². The van der Waals surface area contributed by atoms with Crippen molar-refractivity contribution in [2.45, 2.75) is 38.5 Å². The highest BCUT2D eigenvalue weighted by Crippen LogP contribution is 2.35.